The molecule has 0 spiro atoms. The van der Waals surface area contributed by atoms with Crippen molar-refractivity contribution in [3.05, 3.63) is 35.5 Å². The summed E-state index contributed by atoms with van der Waals surface area (Å²) in [7, 11) is 0. The second-order valence-corrected chi connectivity index (χ2v) is 5.05. The molecule has 0 amide bonds. The van der Waals surface area contributed by atoms with Gasteiger partial charge in [-0.15, -0.1) is 0 Å². The number of aliphatic hydroxyl groups excluding tert-OH is 1. The van der Waals surface area contributed by atoms with Crippen LogP contribution >= 0.6 is 0 Å². The van der Waals surface area contributed by atoms with Crippen molar-refractivity contribution in [3.63, 3.8) is 0 Å². The molecule has 0 aliphatic rings. The van der Waals surface area contributed by atoms with Gasteiger partial charge in [-0.25, -0.2) is 4.79 Å². The number of hydrogen-bond acceptors (Lipinski definition) is 2. The molecule has 1 aromatic carbocycles. The van der Waals surface area contributed by atoms with Crippen LogP contribution in [0, 0.1) is 0 Å². The third kappa shape index (κ3) is 2.73. The molecule has 4 nitrogen and oxygen atoms in total. The van der Waals surface area contributed by atoms with E-state index in [-0.39, 0.29) is 17.1 Å². The van der Waals surface area contributed by atoms with E-state index in [4.69, 9.17) is 5.11 Å². The quantitative estimate of drug-likeness (QED) is 0.913. The Kier molecular flexibility index (Phi) is 3.71. The van der Waals surface area contributed by atoms with Gasteiger partial charge in [0.25, 0.3) is 0 Å². The average Bonchev–Trinajstić information content (AvgIpc) is 2.74. The lowest BCUT2D eigenvalue weighted by Crippen LogP contribution is -2.16. The van der Waals surface area contributed by atoms with Gasteiger partial charge in [0, 0.05) is 16.9 Å². The summed E-state index contributed by atoms with van der Waals surface area (Å²) >= 11 is 0. The maximum absolute atomic E-state index is 12.7. The van der Waals surface area contributed by atoms with Crippen LogP contribution in [0.2, 0.25) is 0 Å². The Hall–Kier alpha value is -2.02. The van der Waals surface area contributed by atoms with Gasteiger partial charge in [0.2, 0.25) is 0 Å². The summed E-state index contributed by atoms with van der Waals surface area (Å²) in [5, 5.41) is 18.9. The van der Waals surface area contributed by atoms with Gasteiger partial charge < -0.3 is 14.8 Å². The highest BCUT2D eigenvalue weighted by Crippen LogP contribution is 2.34. The first-order valence-electron chi connectivity index (χ1n) is 6.26. The minimum absolute atomic E-state index is 0.0619. The van der Waals surface area contributed by atoms with E-state index in [1.807, 2.05) is 0 Å². The molecule has 0 saturated carbocycles. The van der Waals surface area contributed by atoms with E-state index >= 15 is 0 Å². The molecule has 114 valence electrons. The normalized spacial score (nSPS) is 13.9. The number of aliphatic carboxylic acids is 1. The van der Waals surface area contributed by atoms with E-state index in [9.17, 15) is 23.1 Å². The van der Waals surface area contributed by atoms with Crippen LogP contribution in [0.15, 0.2) is 24.3 Å². The highest BCUT2D eigenvalue weighted by atomic mass is 19.4. The fourth-order valence-electron chi connectivity index (χ4n) is 2.35. The molecule has 0 fully saturated rings. The van der Waals surface area contributed by atoms with Gasteiger partial charge in [0.15, 0.2) is 6.10 Å². The molecular formula is C14H14F3NO3. The molecule has 0 aliphatic heterocycles. The molecule has 0 bridgehead atoms. The molecule has 21 heavy (non-hydrogen) atoms. The van der Waals surface area contributed by atoms with Crippen LogP contribution in [0.1, 0.15) is 37.3 Å². The highest BCUT2D eigenvalue weighted by molar-refractivity contribution is 5.85. The van der Waals surface area contributed by atoms with Crippen molar-refractivity contribution in [2.45, 2.75) is 32.2 Å². The zero-order chi connectivity index (χ0) is 15.9. The Morgan fingerprint density at radius 1 is 1.24 bits per heavy atom. The highest BCUT2D eigenvalue weighted by Gasteiger charge is 2.31. The lowest BCUT2D eigenvalue weighted by atomic mass is 10.1. The van der Waals surface area contributed by atoms with Gasteiger partial charge in [-0.2, -0.15) is 13.2 Å². The number of carboxylic acids is 1. The molecule has 7 heteroatoms. The van der Waals surface area contributed by atoms with Crippen molar-refractivity contribution in [1.29, 1.82) is 0 Å². The van der Waals surface area contributed by atoms with Crippen LogP contribution in [0.3, 0.4) is 0 Å². The molecule has 0 aliphatic carbocycles. The summed E-state index contributed by atoms with van der Waals surface area (Å²) in [6, 6.07) is 4.26. The Bertz CT molecular complexity index is 689. The van der Waals surface area contributed by atoms with E-state index in [1.54, 1.807) is 13.8 Å². The molecule has 1 atom stereocenters. The van der Waals surface area contributed by atoms with Gasteiger partial charge in [-0.05, 0) is 38.1 Å². The molecule has 0 saturated heterocycles. The molecule has 0 radical (unpaired) electrons. The van der Waals surface area contributed by atoms with Crippen molar-refractivity contribution in [1.82, 2.24) is 4.57 Å². The number of alkyl halides is 3. The van der Waals surface area contributed by atoms with Gasteiger partial charge in [0.1, 0.15) is 0 Å². The van der Waals surface area contributed by atoms with E-state index in [0.29, 0.717) is 5.52 Å². The van der Waals surface area contributed by atoms with Gasteiger partial charge in [-0.1, -0.05) is 0 Å². The smallest absolute Gasteiger partial charge is 0.416 e. The number of aromatic nitrogens is 1. The van der Waals surface area contributed by atoms with Crippen LogP contribution in [-0.4, -0.2) is 20.7 Å². The van der Waals surface area contributed by atoms with E-state index in [1.165, 1.54) is 16.7 Å². The summed E-state index contributed by atoms with van der Waals surface area (Å²) in [6.45, 7) is 3.52. The van der Waals surface area contributed by atoms with Crippen molar-refractivity contribution < 1.29 is 28.2 Å². The van der Waals surface area contributed by atoms with E-state index in [0.717, 1.165) is 12.1 Å². The SMILES string of the molecule is CC(C)n1c(C(O)C(=O)O)cc2cc(C(F)(F)F)ccc21. The summed E-state index contributed by atoms with van der Waals surface area (Å²) in [5.41, 5.74) is -0.299. The maximum Gasteiger partial charge on any atom is 0.416 e. The molecule has 1 unspecified atom stereocenters. The Morgan fingerprint density at radius 3 is 2.33 bits per heavy atom. The van der Waals surface area contributed by atoms with Gasteiger partial charge in [-0.3, -0.25) is 0 Å². The molecule has 2 rings (SSSR count). The zero-order valence-electron chi connectivity index (χ0n) is 11.3. The number of hydrogen-bond donors (Lipinski definition) is 2. The molecular weight excluding hydrogens is 287 g/mol. The lowest BCUT2D eigenvalue weighted by molar-refractivity contribution is -0.147. The summed E-state index contributed by atoms with van der Waals surface area (Å²) < 4.78 is 39.7. The van der Waals surface area contributed by atoms with Crippen molar-refractivity contribution >= 4 is 16.9 Å². The predicted octanol–water partition coefficient (Wildman–Crippen LogP) is 3.36. The number of fused-ring (bicyclic) bond motifs is 1. The predicted molar refractivity (Wildman–Crippen MR) is 69.9 cm³/mol. The van der Waals surface area contributed by atoms with Crippen molar-refractivity contribution in [2.75, 3.05) is 0 Å². The number of halogens is 3. The average molecular weight is 301 g/mol. The summed E-state index contributed by atoms with van der Waals surface area (Å²) in [6.07, 6.45) is -6.26. The molecule has 1 aromatic heterocycles. The topological polar surface area (TPSA) is 62.5 Å². The summed E-state index contributed by atoms with van der Waals surface area (Å²) in [4.78, 5) is 10.9. The van der Waals surface area contributed by atoms with Crippen molar-refractivity contribution in [2.24, 2.45) is 0 Å². The first kappa shape index (κ1) is 15.4. The van der Waals surface area contributed by atoms with Gasteiger partial charge >= 0.3 is 12.1 Å². The molecule has 1 heterocycles. The molecule has 2 N–H and O–H groups in total. The minimum Gasteiger partial charge on any atom is -0.479 e. The Labute approximate surface area is 118 Å². The monoisotopic (exact) mass is 301 g/mol. The number of carboxylic acid groups (broad SMARTS) is 1. The third-order valence-electron chi connectivity index (χ3n) is 3.23. The first-order chi connectivity index (χ1) is 9.62. The largest absolute Gasteiger partial charge is 0.479 e. The van der Waals surface area contributed by atoms with Crippen LogP contribution in [0.25, 0.3) is 10.9 Å². The molecule has 2 aromatic rings. The van der Waals surface area contributed by atoms with Crippen LogP contribution in [-0.2, 0) is 11.0 Å². The van der Waals surface area contributed by atoms with Crippen LogP contribution < -0.4 is 0 Å². The number of benzene rings is 1. The maximum atomic E-state index is 12.7. The lowest BCUT2D eigenvalue weighted by Gasteiger charge is -2.16. The van der Waals surface area contributed by atoms with Gasteiger partial charge in [0.05, 0.1) is 11.3 Å². The number of aliphatic hydroxyl groups is 1. The fraction of sp³-hybridized carbons (Fsp3) is 0.357. The first-order valence-corrected chi connectivity index (χ1v) is 6.26. The zero-order valence-corrected chi connectivity index (χ0v) is 11.3. The standard InChI is InChI=1S/C14H14F3NO3/c1-7(2)18-10-4-3-9(14(15,16)17)5-8(10)6-11(18)12(19)13(20)21/h3-7,12,19H,1-2H3,(H,20,21). The summed E-state index contributed by atoms with van der Waals surface area (Å²) in [5.74, 6) is -1.45. The number of rotatable bonds is 3. The second kappa shape index (κ2) is 5.07. The van der Waals surface area contributed by atoms with Crippen LogP contribution in [0.5, 0.6) is 0 Å². The Balaban J connectivity index is 2.70. The van der Waals surface area contributed by atoms with Crippen LogP contribution in [0.4, 0.5) is 13.2 Å². The third-order valence-corrected chi connectivity index (χ3v) is 3.23. The van der Waals surface area contributed by atoms with E-state index in [2.05, 4.69) is 0 Å². The number of nitrogens with zero attached hydrogens (tertiary/aromatic N) is 1. The fourth-order valence-corrected chi connectivity index (χ4v) is 2.35. The minimum atomic E-state index is -4.47. The second-order valence-electron chi connectivity index (χ2n) is 5.05. The van der Waals surface area contributed by atoms with Crippen molar-refractivity contribution in [3.8, 4) is 0 Å². The Morgan fingerprint density at radius 2 is 1.86 bits per heavy atom. The van der Waals surface area contributed by atoms with E-state index < -0.39 is 23.8 Å². The number of carbonyl (C=O) groups is 1.